The van der Waals surface area contributed by atoms with Gasteiger partial charge in [-0.25, -0.2) is 13.1 Å². The molecule has 2 rings (SSSR count). The van der Waals surface area contributed by atoms with Gasteiger partial charge in [-0.1, -0.05) is 0 Å². The second-order valence-electron chi connectivity index (χ2n) is 3.87. The largest absolute Gasteiger partial charge is 0.324 e. The topological polar surface area (TPSA) is 133 Å². The Morgan fingerprint density at radius 3 is 2.55 bits per heavy atom. The molecule has 1 heterocycles. The number of sulfonamides is 1. The van der Waals surface area contributed by atoms with Gasteiger partial charge in [0.05, 0.1) is 17.1 Å². The average molecular weight is 296 g/mol. The van der Waals surface area contributed by atoms with Crippen molar-refractivity contribution in [2.45, 2.75) is 18.4 Å². The number of amides is 1. The van der Waals surface area contributed by atoms with E-state index in [2.05, 4.69) is 15.5 Å². The van der Waals surface area contributed by atoms with Gasteiger partial charge in [-0.15, -0.1) is 5.10 Å². The summed E-state index contributed by atoms with van der Waals surface area (Å²) >= 11 is 0. The van der Waals surface area contributed by atoms with Crippen LogP contribution in [0.15, 0.2) is 29.2 Å². The minimum absolute atomic E-state index is 0.0289. The van der Waals surface area contributed by atoms with Gasteiger partial charge in [0, 0.05) is 6.92 Å². The molecule has 0 aliphatic heterocycles. The van der Waals surface area contributed by atoms with Gasteiger partial charge in [0.25, 0.3) is 10.0 Å². The quantitative estimate of drug-likeness (QED) is 0.735. The van der Waals surface area contributed by atoms with Crippen molar-refractivity contribution in [1.82, 2.24) is 24.9 Å². The molecule has 0 radical (unpaired) electrons. The maximum absolute atomic E-state index is 11.8. The van der Waals surface area contributed by atoms with Crippen molar-refractivity contribution in [3.05, 3.63) is 30.1 Å². The molecule has 10 heteroatoms. The number of nitrogens with zero attached hydrogens (tertiary/aromatic N) is 4. The third kappa shape index (κ3) is 2.81. The number of nitrogens with two attached hydrogens (primary N) is 1. The Hall–Kier alpha value is -2.33. The van der Waals surface area contributed by atoms with E-state index in [0.717, 1.165) is 6.92 Å². The summed E-state index contributed by atoms with van der Waals surface area (Å²) in [4.78, 5) is 10.8. The fourth-order valence-corrected chi connectivity index (χ4v) is 2.54. The zero-order chi connectivity index (χ0) is 14.8. The van der Waals surface area contributed by atoms with Crippen LogP contribution < -0.4 is 10.5 Å². The predicted molar refractivity (Wildman–Crippen MR) is 68.0 cm³/mol. The van der Waals surface area contributed by atoms with Crippen LogP contribution in [0, 0.1) is 0 Å². The Morgan fingerprint density at radius 1 is 1.35 bits per heavy atom. The van der Waals surface area contributed by atoms with Gasteiger partial charge in [0.2, 0.25) is 5.91 Å². The molecule has 0 aliphatic rings. The Labute approximate surface area is 114 Å². The van der Waals surface area contributed by atoms with E-state index in [1.807, 2.05) is 4.72 Å². The SMILES string of the molecule is CC(=O)NS(=O)(=O)c1ccc(-n2nnnc2CN)cc1. The van der Waals surface area contributed by atoms with Crippen LogP contribution in [0.5, 0.6) is 0 Å². The summed E-state index contributed by atoms with van der Waals surface area (Å²) in [6, 6.07) is 5.74. The number of tetrazole rings is 1. The highest BCUT2D eigenvalue weighted by atomic mass is 32.2. The van der Waals surface area contributed by atoms with Crippen LogP contribution in [0.4, 0.5) is 0 Å². The third-order valence-corrected chi connectivity index (χ3v) is 3.84. The highest BCUT2D eigenvalue weighted by Gasteiger charge is 2.15. The smallest absolute Gasteiger partial charge is 0.264 e. The van der Waals surface area contributed by atoms with Gasteiger partial charge in [0.1, 0.15) is 0 Å². The molecule has 0 atom stereocenters. The minimum Gasteiger partial charge on any atom is -0.324 e. The lowest BCUT2D eigenvalue weighted by Crippen LogP contribution is -2.28. The van der Waals surface area contributed by atoms with E-state index in [0.29, 0.717) is 11.5 Å². The Morgan fingerprint density at radius 2 is 2.00 bits per heavy atom. The molecule has 0 unspecified atom stereocenters. The molecular weight excluding hydrogens is 284 g/mol. The van der Waals surface area contributed by atoms with E-state index in [9.17, 15) is 13.2 Å². The van der Waals surface area contributed by atoms with Crippen molar-refractivity contribution >= 4 is 15.9 Å². The Bertz CT molecular complexity index is 722. The Balaban J connectivity index is 2.34. The first-order valence-electron chi connectivity index (χ1n) is 5.55. The molecule has 106 valence electrons. The molecule has 0 saturated carbocycles. The van der Waals surface area contributed by atoms with Crippen molar-refractivity contribution in [1.29, 1.82) is 0 Å². The van der Waals surface area contributed by atoms with Crippen LogP contribution in [-0.4, -0.2) is 34.5 Å². The number of rotatable bonds is 4. The van der Waals surface area contributed by atoms with Crippen LogP contribution in [0.2, 0.25) is 0 Å². The number of aromatic nitrogens is 4. The molecule has 0 fully saturated rings. The van der Waals surface area contributed by atoms with Crippen molar-refractivity contribution in [2.24, 2.45) is 5.73 Å². The number of hydrogen-bond donors (Lipinski definition) is 2. The van der Waals surface area contributed by atoms with Gasteiger partial charge in [0.15, 0.2) is 5.82 Å². The molecule has 1 aromatic carbocycles. The zero-order valence-corrected chi connectivity index (χ0v) is 11.3. The van der Waals surface area contributed by atoms with E-state index < -0.39 is 15.9 Å². The first-order chi connectivity index (χ1) is 9.44. The number of hydrogen-bond acceptors (Lipinski definition) is 7. The summed E-state index contributed by atoms with van der Waals surface area (Å²) in [6.45, 7) is 1.28. The van der Waals surface area contributed by atoms with Gasteiger partial charge >= 0.3 is 0 Å². The van der Waals surface area contributed by atoms with Gasteiger partial charge in [-0.2, -0.15) is 4.68 Å². The van der Waals surface area contributed by atoms with E-state index in [4.69, 9.17) is 5.73 Å². The van der Waals surface area contributed by atoms with Gasteiger partial charge < -0.3 is 5.73 Å². The molecule has 1 amide bonds. The minimum atomic E-state index is -3.85. The number of nitrogens with one attached hydrogen (secondary N) is 1. The van der Waals surface area contributed by atoms with E-state index >= 15 is 0 Å². The van der Waals surface area contributed by atoms with Crippen molar-refractivity contribution < 1.29 is 13.2 Å². The van der Waals surface area contributed by atoms with Crippen LogP contribution in [0.1, 0.15) is 12.7 Å². The maximum atomic E-state index is 11.8. The third-order valence-electron chi connectivity index (χ3n) is 2.39. The molecular formula is C10H12N6O3S. The molecule has 0 aliphatic carbocycles. The van der Waals surface area contributed by atoms with Crippen LogP contribution in [0.3, 0.4) is 0 Å². The summed E-state index contributed by atoms with van der Waals surface area (Å²) in [7, 11) is -3.85. The molecule has 9 nitrogen and oxygen atoms in total. The predicted octanol–water partition coefficient (Wildman–Crippen LogP) is -1.05. The van der Waals surface area contributed by atoms with Gasteiger partial charge in [-0.05, 0) is 34.7 Å². The number of benzene rings is 1. The normalized spacial score (nSPS) is 11.3. The first kappa shape index (κ1) is 14.1. The second-order valence-corrected chi connectivity index (χ2v) is 5.55. The zero-order valence-electron chi connectivity index (χ0n) is 10.5. The van der Waals surface area contributed by atoms with Crippen molar-refractivity contribution in [3.63, 3.8) is 0 Å². The highest BCUT2D eigenvalue weighted by Crippen LogP contribution is 2.13. The lowest BCUT2D eigenvalue weighted by Gasteiger charge is -2.06. The fourth-order valence-electron chi connectivity index (χ4n) is 1.55. The molecule has 0 saturated heterocycles. The van der Waals surface area contributed by atoms with Crippen LogP contribution >= 0.6 is 0 Å². The first-order valence-corrected chi connectivity index (χ1v) is 7.03. The lowest BCUT2D eigenvalue weighted by molar-refractivity contribution is -0.117. The standard InChI is InChI=1S/C10H12N6O3S/c1-7(17)13-20(18,19)9-4-2-8(3-5-9)16-10(6-11)12-14-15-16/h2-5H,6,11H2,1H3,(H,13,17). The fraction of sp³-hybridized carbons (Fsp3) is 0.200. The molecule has 2 aromatic rings. The summed E-state index contributed by atoms with van der Waals surface area (Å²) in [5.74, 6) is -0.206. The van der Waals surface area contributed by atoms with Crippen LogP contribution in [-0.2, 0) is 21.4 Å². The van der Waals surface area contributed by atoms with Crippen molar-refractivity contribution in [3.8, 4) is 5.69 Å². The Kier molecular flexibility index (Phi) is 3.77. The van der Waals surface area contributed by atoms with Crippen molar-refractivity contribution in [2.75, 3.05) is 0 Å². The molecule has 20 heavy (non-hydrogen) atoms. The maximum Gasteiger partial charge on any atom is 0.264 e. The molecule has 0 bridgehead atoms. The lowest BCUT2D eigenvalue weighted by atomic mass is 10.3. The average Bonchev–Trinajstić information content (AvgIpc) is 2.85. The molecule has 1 aromatic heterocycles. The highest BCUT2D eigenvalue weighted by molar-refractivity contribution is 7.90. The van der Waals surface area contributed by atoms with Crippen LogP contribution in [0.25, 0.3) is 5.69 Å². The van der Waals surface area contributed by atoms with E-state index in [-0.39, 0.29) is 11.4 Å². The summed E-state index contributed by atoms with van der Waals surface area (Å²) in [5, 5.41) is 11.0. The molecule has 3 N–H and O–H groups in total. The number of carbonyl (C=O) groups is 1. The van der Waals surface area contributed by atoms with Gasteiger partial charge in [-0.3, -0.25) is 4.79 Å². The second kappa shape index (κ2) is 5.35. The summed E-state index contributed by atoms with van der Waals surface area (Å²) in [5.41, 5.74) is 6.05. The number of carbonyl (C=O) groups excluding carboxylic acids is 1. The monoisotopic (exact) mass is 296 g/mol. The summed E-state index contributed by atoms with van der Waals surface area (Å²) < 4.78 is 26.8. The van der Waals surface area contributed by atoms with E-state index in [1.165, 1.54) is 28.9 Å². The summed E-state index contributed by atoms with van der Waals surface area (Å²) in [6.07, 6.45) is 0. The van der Waals surface area contributed by atoms with E-state index in [1.54, 1.807) is 0 Å². The molecule has 0 spiro atoms.